The Balaban J connectivity index is 1.53. The number of benzene rings is 1. The van der Waals surface area contributed by atoms with Crippen LogP contribution in [-0.2, 0) is 10.2 Å². The predicted molar refractivity (Wildman–Crippen MR) is 114 cm³/mol. The third-order valence-corrected chi connectivity index (χ3v) is 5.63. The molecule has 1 saturated carbocycles. The van der Waals surface area contributed by atoms with E-state index in [1.807, 2.05) is 30.4 Å². The zero-order chi connectivity index (χ0) is 20.6. The number of rotatable bonds is 5. The lowest BCUT2D eigenvalue weighted by Gasteiger charge is -2.20. The second-order valence-electron chi connectivity index (χ2n) is 8.84. The van der Waals surface area contributed by atoms with Crippen LogP contribution in [-0.4, -0.2) is 19.2 Å². The number of amides is 1. The van der Waals surface area contributed by atoms with E-state index in [2.05, 4.69) is 44.1 Å². The van der Waals surface area contributed by atoms with Crippen LogP contribution in [0.1, 0.15) is 39.2 Å². The molecule has 29 heavy (non-hydrogen) atoms. The first-order chi connectivity index (χ1) is 13.8. The molecular weight excluding hydrogens is 364 g/mol. The fraction of sp³-hybridized carbons (Fsp3) is 0.375. The van der Waals surface area contributed by atoms with E-state index in [1.165, 1.54) is 5.70 Å². The van der Waals surface area contributed by atoms with Crippen LogP contribution in [0.2, 0.25) is 0 Å². The first-order valence-electron chi connectivity index (χ1n) is 10.0. The number of hydrogen-bond donors (Lipinski definition) is 2. The largest absolute Gasteiger partial charge is 0.454 e. The average molecular weight is 392 g/mol. The van der Waals surface area contributed by atoms with Crippen molar-refractivity contribution in [3.63, 3.8) is 0 Å². The van der Waals surface area contributed by atoms with Gasteiger partial charge >= 0.3 is 0 Å². The van der Waals surface area contributed by atoms with Crippen molar-refractivity contribution in [3.05, 3.63) is 71.6 Å². The van der Waals surface area contributed by atoms with E-state index in [0.29, 0.717) is 5.75 Å². The number of fused-ring (bicyclic) bond motifs is 1. The van der Waals surface area contributed by atoms with Crippen molar-refractivity contribution in [2.75, 3.05) is 13.3 Å². The average Bonchev–Trinajstić information content (AvgIpc) is 3.10. The molecule has 0 atom stereocenters. The topological polar surface area (TPSA) is 59.6 Å². The highest BCUT2D eigenvalue weighted by molar-refractivity contribution is 5.93. The lowest BCUT2D eigenvalue weighted by Crippen LogP contribution is -2.34. The highest BCUT2D eigenvalue weighted by atomic mass is 16.7. The first-order valence-corrected chi connectivity index (χ1v) is 10.0. The van der Waals surface area contributed by atoms with Crippen LogP contribution in [0.25, 0.3) is 0 Å². The van der Waals surface area contributed by atoms with Gasteiger partial charge in [0, 0.05) is 23.4 Å². The van der Waals surface area contributed by atoms with E-state index in [-0.39, 0.29) is 18.1 Å². The number of ether oxygens (including phenoxy) is 2. The summed E-state index contributed by atoms with van der Waals surface area (Å²) in [5.41, 5.74) is 3.63. The summed E-state index contributed by atoms with van der Waals surface area (Å²) in [6.07, 6.45) is 9.36. The number of allylic oxidation sites excluding steroid dienone is 4. The third kappa shape index (κ3) is 3.82. The minimum atomic E-state index is -0.500. The smallest absolute Gasteiger partial charge is 0.235 e. The Labute approximate surface area is 172 Å². The molecule has 0 bridgehead atoms. The van der Waals surface area contributed by atoms with Gasteiger partial charge in [-0.2, -0.15) is 0 Å². The molecule has 0 aromatic heterocycles. The Bertz CT molecular complexity index is 943. The maximum absolute atomic E-state index is 13.2. The summed E-state index contributed by atoms with van der Waals surface area (Å²) in [4.78, 5) is 13.2. The second kappa shape index (κ2) is 7.14. The minimum absolute atomic E-state index is 0.00676. The van der Waals surface area contributed by atoms with E-state index in [4.69, 9.17) is 9.47 Å². The van der Waals surface area contributed by atoms with Gasteiger partial charge in [0.05, 0.1) is 5.41 Å². The third-order valence-electron chi connectivity index (χ3n) is 5.63. The van der Waals surface area contributed by atoms with Gasteiger partial charge in [-0.05, 0) is 54.3 Å². The fourth-order valence-corrected chi connectivity index (χ4v) is 3.73. The number of carbonyl (C=O) groups excluding carboxylic acids is 1. The van der Waals surface area contributed by atoms with Crippen LogP contribution in [0.4, 0.5) is 0 Å². The van der Waals surface area contributed by atoms with Crippen molar-refractivity contribution in [2.24, 2.45) is 5.41 Å². The molecule has 1 fully saturated rings. The molecule has 5 heteroatoms. The van der Waals surface area contributed by atoms with Gasteiger partial charge in [-0.3, -0.25) is 4.79 Å². The zero-order valence-corrected chi connectivity index (χ0v) is 17.3. The molecule has 1 aliphatic carbocycles. The van der Waals surface area contributed by atoms with Gasteiger partial charge in [-0.1, -0.05) is 39.5 Å². The van der Waals surface area contributed by atoms with Gasteiger partial charge in [0.15, 0.2) is 11.5 Å². The van der Waals surface area contributed by atoms with E-state index in [9.17, 15) is 4.79 Å². The molecule has 4 rings (SSSR count). The summed E-state index contributed by atoms with van der Waals surface area (Å²) in [6, 6.07) is 5.79. The molecule has 1 aromatic carbocycles. The summed E-state index contributed by atoms with van der Waals surface area (Å²) in [5.74, 6) is 1.45. The van der Waals surface area contributed by atoms with Gasteiger partial charge in [-0.25, -0.2) is 0 Å². The summed E-state index contributed by atoms with van der Waals surface area (Å²) >= 11 is 0. The molecule has 5 nitrogen and oxygen atoms in total. The normalized spacial score (nSPS) is 20.9. The molecular formula is C24H28N2O3. The molecule has 2 aliphatic heterocycles. The van der Waals surface area contributed by atoms with Crippen LogP contribution in [0.3, 0.4) is 0 Å². The van der Waals surface area contributed by atoms with Gasteiger partial charge < -0.3 is 20.1 Å². The summed E-state index contributed by atoms with van der Waals surface area (Å²) in [7, 11) is 0. The van der Waals surface area contributed by atoms with E-state index in [1.54, 1.807) is 6.08 Å². The molecule has 0 unspecified atom stereocenters. The van der Waals surface area contributed by atoms with E-state index >= 15 is 0 Å². The Hall–Kier alpha value is -2.95. The fourth-order valence-electron chi connectivity index (χ4n) is 3.73. The Kier molecular flexibility index (Phi) is 4.77. The Morgan fingerprint density at radius 3 is 2.66 bits per heavy atom. The number of nitrogens with one attached hydrogen (secondary N) is 2. The molecule has 1 amide bonds. The van der Waals surface area contributed by atoms with Crippen LogP contribution in [0.5, 0.6) is 11.5 Å². The van der Waals surface area contributed by atoms with Crippen LogP contribution in [0, 0.1) is 5.41 Å². The Morgan fingerprint density at radius 1 is 1.24 bits per heavy atom. The van der Waals surface area contributed by atoms with E-state index in [0.717, 1.165) is 42.0 Å². The monoisotopic (exact) mass is 392 g/mol. The van der Waals surface area contributed by atoms with Crippen LogP contribution in [0.15, 0.2) is 66.0 Å². The molecule has 152 valence electrons. The summed E-state index contributed by atoms with van der Waals surface area (Å²) < 4.78 is 10.9. The zero-order valence-electron chi connectivity index (χ0n) is 17.3. The molecule has 0 spiro atoms. The predicted octanol–water partition coefficient (Wildman–Crippen LogP) is 4.09. The highest BCUT2D eigenvalue weighted by Crippen LogP contribution is 2.50. The van der Waals surface area contributed by atoms with Crippen LogP contribution >= 0.6 is 0 Å². The van der Waals surface area contributed by atoms with Crippen molar-refractivity contribution in [1.29, 1.82) is 0 Å². The van der Waals surface area contributed by atoms with Crippen molar-refractivity contribution < 1.29 is 14.3 Å². The van der Waals surface area contributed by atoms with Gasteiger partial charge in [-0.15, -0.1) is 0 Å². The lowest BCUT2D eigenvalue weighted by atomic mass is 9.92. The van der Waals surface area contributed by atoms with Crippen molar-refractivity contribution >= 4 is 5.91 Å². The maximum atomic E-state index is 13.2. The molecule has 2 N–H and O–H groups in total. The molecule has 3 aliphatic rings. The minimum Gasteiger partial charge on any atom is -0.454 e. The van der Waals surface area contributed by atoms with E-state index < -0.39 is 5.41 Å². The standard InChI is InChI=1S/C24H28N2O3/c1-5-6-18(11-16-12-21(25-14-16)23(2,3)4)26-22(27)24(9-10-24)17-7-8-19-20(13-17)29-15-28-19/h5-8,11-13,25H,1,9-10,14-15H2,2-4H3,(H,26,27)/b16-11-,18-6+. The number of carbonyl (C=O) groups is 1. The van der Waals surface area contributed by atoms with Gasteiger partial charge in [0.2, 0.25) is 12.7 Å². The second-order valence-corrected chi connectivity index (χ2v) is 8.84. The molecule has 2 heterocycles. The van der Waals surface area contributed by atoms with Crippen LogP contribution < -0.4 is 20.1 Å². The first kappa shape index (κ1) is 19.4. The maximum Gasteiger partial charge on any atom is 0.235 e. The SMILES string of the molecule is C=C/C=C(\C=C1\C=C(C(C)(C)C)NC1)NC(=O)C1(c2ccc3c(c2)OCO3)CC1. The molecule has 1 aromatic rings. The molecule has 0 radical (unpaired) electrons. The Morgan fingerprint density at radius 2 is 2.00 bits per heavy atom. The lowest BCUT2D eigenvalue weighted by molar-refractivity contribution is -0.122. The number of hydrogen-bond acceptors (Lipinski definition) is 4. The van der Waals surface area contributed by atoms with Gasteiger partial charge in [0.1, 0.15) is 0 Å². The van der Waals surface area contributed by atoms with Crippen molar-refractivity contribution in [3.8, 4) is 11.5 Å². The van der Waals surface area contributed by atoms with Gasteiger partial charge in [0.25, 0.3) is 0 Å². The summed E-state index contributed by atoms with van der Waals surface area (Å²) in [6.45, 7) is 11.3. The highest BCUT2D eigenvalue weighted by Gasteiger charge is 2.51. The summed E-state index contributed by atoms with van der Waals surface area (Å²) in [5, 5.41) is 6.55. The van der Waals surface area contributed by atoms with Crippen molar-refractivity contribution in [1.82, 2.24) is 10.6 Å². The molecule has 0 saturated heterocycles. The van der Waals surface area contributed by atoms with Crippen molar-refractivity contribution in [2.45, 2.75) is 39.0 Å². The quantitative estimate of drug-likeness (QED) is 0.741.